The molecule has 0 aromatic carbocycles. The van der Waals surface area contributed by atoms with Crippen LogP contribution in [0.1, 0.15) is 37.8 Å². The SMILES string of the molecule is FC(F)(F)c1ccn(CC2CCCCC2)n1. The molecule has 1 saturated carbocycles. The van der Waals surface area contributed by atoms with Crippen molar-refractivity contribution < 1.29 is 13.2 Å². The zero-order valence-electron chi connectivity index (χ0n) is 9.00. The Labute approximate surface area is 92.4 Å². The van der Waals surface area contributed by atoms with E-state index in [1.165, 1.54) is 30.1 Å². The molecular formula is C11H15F3N2. The highest BCUT2D eigenvalue weighted by molar-refractivity contribution is 5.03. The Morgan fingerprint density at radius 1 is 1.25 bits per heavy atom. The van der Waals surface area contributed by atoms with Gasteiger partial charge in [0.15, 0.2) is 5.69 Å². The molecular weight excluding hydrogens is 217 g/mol. The topological polar surface area (TPSA) is 17.8 Å². The number of alkyl halides is 3. The molecule has 0 spiro atoms. The summed E-state index contributed by atoms with van der Waals surface area (Å²) in [6, 6.07) is 1.04. The Bertz CT molecular complexity index is 337. The number of nitrogens with zero attached hydrogens (tertiary/aromatic N) is 2. The molecule has 0 unspecified atom stereocenters. The number of hydrogen-bond acceptors (Lipinski definition) is 1. The molecule has 0 aliphatic heterocycles. The van der Waals surface area contributed by atoms with Crippen LogP contribution >= 0.6 is 0 Å². The third kappa shape index (κ3) is 2.77. The van der Waals surface area contributed by atoms with E-state index >= 15 is 0 Å². The fraction of sp³-hybridized carbons (Fsp3) is 0.727. The molecule has 1 heterocycles. The van der Waals surface area contributed by atoms with Gasteiger partial charge < -0.3 is 0 Å². The molecule has 0 N–H and O–H groups in total. The van der Waals surface area contributed by atoms with Gasteiger partial charge in [-0.05, 0) is 24.8 Å². The van der Waals surface area contributed by atoms with Crippen molar-refractivity contribution in [2.24, 2.45) is 5.92 Å². The Morgan fingerprint density at radius 2 is 1.94 bits per heavy atom. The molecule has 0 atom stereocenters. The standard InChI is InChI=1S/C11H15F3N2/c12-11(13,14)10-6-7-16(15-10)8-9-4-2-1-3-5-9/h6-7,9H,1-5,8H2. The Hall–Kier alpha value is -1.00. The number of rotatable bonds is 2. The quantitative estimate of drug-likeness (QED) is 0.763. The van der Waals surface area contributed by atoms with E-state index in [2.05, 4.69) is 5.10 Å². The maximum atomic E-state index is 12.3. The van der Waals surface area contributed by atoms with Gasteiger partial charge in [0.25, 0.3) is 0 Å². The minimum absolute atomic E-state index is 0.495. The van der Waals surface area contributed by atoms with Gasteiger partial charge in [-0.1, -0.05) is 19.3 Å². The summed E-state index contributed by atoms with van der Waals surface area (Å²) in [4.78, 5) is 0. The van der Waals surface area contributed by atoms with Gasteiger partial charge in [0.2, 0.25) is 0 Å². The lowest BCUT2D eigenvalue weighted by atomic mass is 9.89. The van der Waals surface area contributed by atoms with Gasteiger partial charge in [-0.15, -0.1) is 0 Å². The Kier molecular flexibility index (Phi) is 3.21. The van der Waals surface area contributed by atoms with Gasteiger partial charge in [0.1, 0.15) is 0 Å². The first-order valence-corrected chi connectivity index (χ1v) is 5.66. The molecule has 2 rings (SSSR count). The highest BCUT2D eigenvalue weighted by atomic mass is 19.4. The van der Waals surface area contributed by atoms with Crippen LogP contribution in [0.2, 0.25) is 0 Å². The fourth-order valence-electron chi connectivity index (χ4n) is 2.25. The lowest BCUT2D eigenvalue weighted by Gasteiger charge is -2.21. The Morgan fingerprint density at radius 3 is 2.50 bits per heavy atom. The van der Waals surface area contributed by atoms with E-state index < -0.39 is 11.9 Å². The summed E-state index contributed by atoms with van der Waals surface area (Å²) in [5, 5.41) is 3.57. The third-order valence-electron chi connectivity index (χ3n) is 3.10. The monoisotopic (exact) mass is 232 g/mol. The van der Waals surface area contributed by atoms with Crippen molar-refractivity contribution in [1.29, 1.82) is 0 Å². The smallest absolute Gasteiger partial charge is 0.272 e. The van der Waals surface area contributed by atoms with Crippen molar-refractivity contribution >= 4 is 0 Å². The maximum Gasteiger partial charge on any atom is 0.435 e. The van der Waals surface area contributed by atoms with Crippen LogP contribution in [0.3, 0.4) is 0 Å². The zero-order chi connectivity index (χ0) is 11.6. The van der Waals surface area contributed by atoms with Crippen LogP contribution in [0.25, 0.3) is 0 Å². The molecule has 1 aliphatic carbocycles. The van der Waals surface area contributed by atoms with E-state index in [4.69, 9.17) is 0 Å². The molecule has 0 saturated heterocycles. The first-order chi connectivity index (χ1) is 7.55. The van der Waals surface area contributed by atoms with Crippen molar-refractivity contribution in [2.45, 2.75) is 44.8 Å². The summed E-state index contributed by atoms with van der Waals surface area (Å²) >= 11 is 0. The highest BCUT2D eigenvalue weighted by Crippen LogP contribution is 2.28. The van der Waals surface area contributed by atoms with Crippen molar-refractivity contribution in [3.05, 3.63) is 18.0 Å². The van der Waals surface area contributed by atoms with Crippen LogP contribution in [-0.4, -0.2) is 9.78 Å². The first-order valence-electron chi connectivity index (χ1n) is 5.66. The molecule has 1 aromatic rings. The van der Waals surface area contributed by atoms with Gasteiger partial charge in [-0.25, -0.2) is 0 Å². The lowest BCUT2D eigenvalue weighted by molar-refractivity contribution is -0.141. The van der Waals surface area contributed by atoms with E-state index in [0.717, 1.165) is 18.9 Å². The van der Waals surface area contributed by atoms with E-state index in [0.29, 0.717) is 12.5 Å². The van der Waals surface area contributed by atoms with Crippen molar-refractivity contribution in [2.75, 3.05) is 0 Å². The van der Waals surface area contributed by atoms with E-state index in [1.54, 1.807) is 0 Å². The second kappa shape index (κ2) is 4.47. The largest absolute Gasteiger partial charge is 0.435 e. The van der Waals surface area contributed by atoms with Crippen molar-refractivity contribution in [3.63, 3.8) is 0 Å². The van der Waals surface area contributed by atoms with Gasteiger partial charge in [-0.3, -0.25) is 4.68 Å². The second-order valence-electron chi connectivity index (χ2n) is 4.42. The summed E-state index contributed by atoms with van der Waals surface area (Å²) in [6.07, 6.45) is 2.97. The van der Waals surface area contributed by atoms with Gasteiger partial charge in [-0.2, -0.15) is 18.3 Å². The van der Waals surface area contributed by atoms with Crippen molar-refractivity contribution in [3.8, 4) is 0 Å². The molecule has 0 radical (unpaired) electrons. The fourth-order valence-corrected chi connectivity index (χ4v) is 2.25. The normalized spacial score (nSPS) is 18.9. The van der Waals surface area contributed by atoms with Crippen molar-refractivity contribution in [1.82, 2.24) is 9.78 Å². The van der Waals surface area contributed by atoms with Crippen LogP contribution in [0.5, 0.6) is 0 Å². The minimum Gasteiger partial charge on any atom is -0.272 e. The highest BCUT2D eigenvalue weighted by Gasteiger charge is 2.33. The average Bonchev–Trinajstić information content (AvgIpc) is 2.67. The lowest BCUT2D eigenvalue weighted by Crippen LogP contribution is -2.15. The van der Waals surface area contributed by atoms with E-state index in [1.807, 2.05) is 0 Å². The van der Waals surface area contributed by atoms with Crippen LogP contribution in [0.4, 0.5) is 13.2 Å². The van der Waals surface area contributed by atoms with Gasteiger partial charge in [0.05, 0.1) is 0 Å². The maximum absolute atomic E-state index is 12.3. The predicted octanol–water partition coefficient (Wildman–Crippen LogP) is 3.48. The number of aromatic nitrogens is 2. The molecule has 1 aliphatic rings. The average molecular weight is 232 g/mol. The first kappa shape index (κ1) is 11.5. The molecule has 0 amide bonds. The predicted molar refractivity (Wildman–Crippen MR) is 53.8 cm³/mol. The van der Waals surface area contributed by atoms with Crippen LogP contribution in [0.15, 0.2) is 12.3 Å². The molecule has 16 heavy (non-hydrogen) atoms. The molecule has 2 nitrogen and oxygen atoms in total. The van der Waals surface area contributed by atoms with Crippen LogP contribution in [0, 0.1) is 5.92 Å². The summed E-state index contributed by atoms with van der Waals surface area (Å²) in [5.41, 5.74) is -0.789. The summed E-state index contributed by atoms with van der Waals surface area (Å²) in [5.74, 6) is 0.495. The van der Waals surface area contributed by atoms with E-state index in [-0.39, 0.29) is 0 Å². The third-order valence-corrected chi connectivity index (χ3v) is 3.10. The Balaban J connectivity index is 1.97. The molecule has 1 aromatic heterocycles. The van der Waals surface area contributed by atoms with Gasteiger partial charge >= 0.3 is 6.18 Å². The molecule has 1 fully saturated rings. The second-order valence-corrected chi connectivity index (χ2v) is 4.42. The summed E-state index contributed by atoms with van der Waals surface area (Å²) < 4.78 is 38.3. The minimum atomic E-state index is -4.32. The van der Waals surface area contributed by atoms with Crippen LogP contribution in [-0.2, 0) is 12.7 Å². The van der Waals surface area contributed by atoms with Gasteiger partial charge in [0, 0.05) is 12.7 Å². The molecule has 5 heteroatoms. The number of hydrogen-bond donors (Lipinski definition) is 0. The van der Waals surface area contributed by atoms with E-state index in [9.17, 15) is 13.2 Å². The summed E-state index contributed by atoms with van der Waals surface area (Å²) in [7, 11) is 0. The molecule has 0 bridgehead atoms. The summed E-state index contributed by atoms with van der Waals surface area (Å²) in [6.45, 7) is 0.621. The molecule has 90 valence electrons. The van der Waals surface area contributed by atoms with Crippen LogP contribution < -0.4 is 0 Å². The number of halogens is 3. The zero-order valence-corrected chi connectivity index (χ0v) is 9.00.